The molecule has 0 bridgehead atoms. The number of nitrogens with zero attached hydrogens (tertiary/aromatic N) is 2. The minimum Gasteiger partial charge on any atom is -0.497 e. The normalized spacial score (nSPS) is 14.3. The molecule has 1 atom stereocenters. The summed E-state index contributed by atoms with van der Waals surface area (Å²) in [5.41, 5.74) is 0.647. The summed E-state index contributed by atoms with van der Waals surface area (Å²) in [5, 5.41) is 3.04. The van der Waals surface area contributed by atoms with Crippen LogP contribution in [-0.4, -0.2) is 50.9 Å². The van der Waals surface area contributed by atoms with E-state index in [1.165, 1.54) is 72.7 Å². The lowest BCUT2D eigenvalue weighted by molar-refractivity contribution is -0.140. The molecule has 1 N–H and O–H groups in total. The molecule has 3 aromatic rings. The summed E-state index contributed by atoms with van der Waals surface area (Å²) < 4.78 is 61.2. The Labute approximate surface area is 245 Å². The predicted octanol–water partition coefficient (Wildman–Crippen LogP) is 5.03. The molecule has 224 valence electrons. The molecule has 0 spiro atoms. The molecule has 0 saturated heterocycles. The van der Waals surface area contributed by atoms with Crippen LogP contribution in [0, 0.1) is 11.6 Å². The van der Waals surface area contributed by atoms with Gasteiger partial charge in [0.25, 0.3) is 10.0 Å². The van der Waals surface area contributed by atoms with E-state index in [2.05, 4.69) is 5.32 Å². The molecule has 1 fully saturated rings. The van der Waals surface area contributed by atoms with Crippen molar-refractivity contribution < 1.29 is 31.5 Å². The van der Waals surface area contributed by atoms with Crippen molar-refractivity contribution in [3.05, 3.63) is 90.0 Å². The maximum absolute atomic E-state index is 14.1. The van der Waals surface area contributed by atoms with Crippen LogP contribution in [0.3, 0.4) is 0 Å². The fourth-order valence-corrected chi connectivity index (χ4v) is 6.50. The van der Waals surface area contributed by atoms with E-state index in [-0.39, 0.29) is 35.5 Å². The van der Waals surface area contributed by atoms with E-state index >= 15 is 0 Å². The Balaban J connectivity index is 1.70. The molecule has 0 aliphatic heterocycles. The van der Waals surface area contributed by atoms with Crippen LogP contribution in [0.1, 0.15) is 44.6 Å². The number of carbonyl (C=O) groups excluding carboxylic acids is 2. The SMILES string of the molecule is CC[C@@H](C(=O)NC1CCCC1)N(Cc1ccc(F)cc1)C(=O)CN(c1ccc(F)cc1)S(=O)(=O)c1ccc(OC)cc1. The van der Waals surface area contributed by atoms with Crippen LogP contribution in [-0.2, 0) is 26.2 Å². The van der Waals surface area contributed by atoms with Crippen LogP contribution < -0.4 is 14.4 Å². The topological polar surface area (TPSA) is 96.0 Å². The molecule has 1 aliphatic carbocycles. The summed E-state index contributed by atoms with van der Waals surface area (Å²) in [6.45, 7) is 1.07. The molecule has 8 nitrogen and oxygen atoms in total. The third kappa shape index (κ3) is 7.44. The van der Waals surface area contributed by atoms with Gasteiger partial charge in [0.05, 0.1) is 17.7 Å². The number of halogens is 2. The first-order valence-corrected chi connectivity index (χ1v) is 15.3. The number of benzene rings is 3. The number of anilines is 1. The number of hydrogen-bond acceptors (Lipinski definition) is 5. The Morgan fingerprint density at radius 3 is 2.05 bits per heavy atom. The standard InChI is InChI=1S/C31H35F2N3O5S/c1-3-29(31(38)34-25-6-4-5-7-25)35(20-22-8-10-23(32)11-9-22)30(37)21-36(26-14-12-24(33)13-15-26)42(39,40)28-18-16-27(41-2)17-19-28/h8-19,25,29H,3-7,20-21H2,1-2H3,(H,34,38)/t29-/m0/s1. The number of methoxy groups -OCH3 is 1. The van der Waals surface area contributed by atoms with Gasteiger partial charge >= 0.3 is 0 Å². The second-order valence-electron chi connectivity index (χ2n) is 10.2. The van der Waals surface area contributed by atoms with Crippen molar-refractivity contribution in [1.82, 2.24) is 10.2 Å². The van der Waals surface area contributed by atoms with E-state index in [1.54, 1.807) is 6.92 Å². The molecule has 0 aromatic heterocycles. The van der Waals surface area contributed by atoms with Crippen LogP contribution in [0.25, 0.3) is 0 Å². The number of rotatable bonds is 12. The van der Waals surface area contributed by atoms with Crippen LogP contribution in [0.5, 0.6) is 5.75 Å². The average molecular weight is 600 g/mol. The first-order chi connectivity index (χ1) is 20.1. The molecule has 1 aliphatic rings. The van der Waals surface area contributed by atoms with Crippen molar-refractivity contribution in [3.63, 3.8) is 0 Å². The van der Waals surface area contributed by atoms with Gasteiger partial charge in [-0.25, -0.2) is 17.2 Å². The first kappa shape index (κ1) is 31.0. The third-order valence-corrected chi connectivity index (χ3v) is 9.18. The zero-order chi connectivity index (χ0) is 30.3. The summed E-state index contributed by atoms with van der Waals surface area (Å²) >= 11 is 0. The molecule has 3 aromatic carbocycles. The Bertz CT molecular complexity index is 1460. The summed E-state index contributed by atoms with van der Waals surface area (Å²) in [6, 6.07) is 15.1. The number of sulfonamides is 1. The van der Waals surface area contributed by atoms with Gasteiger partial charge in [0.2, 0.25) is 11.8 Å². The number of nitrogens with one attached hydrogen (secondary N) is 1. The van der Waals surface area contributed by atoms with Gasteiger partial charge in [0.1, 0.15) is 30.0 Å². The highest BCUT2D eigenvalue weighted by Crippen LogP contribution is 2.27. The third-order valence-electron chi connectivity index (χ3n) is 7.39. The Morgan fingerprint density at radius 1 is 0.929 bits per heavy atom. The summed E-state index contributed by atoms with van der Waals surface area (Å²) in [5.74, 6) is -1.54. The van der Waals surface area contributed by atoms with Gasteiger partial charge in [-0.2, -0.15) is 0 Å². The zero-order valence-electron chi connectivity index (χ0n) is 23.6. The molecule has 4 rings (SSSR count). The fourth-order valence-electron chi connectivity index (χ4n) is 5.08. The van der Waals surface area contributed by atoms with Gasteiger partial charge in [-0.15, -0.1) is 0 Å². The van der Waals surface area contributed by atoms with Crippen molar-refractivity contribution in [1.29, 1.82) is 0 Å². The van der Waals surface area contributed by atoms with Gasteiger partial charge < -0.3 is 15.0 Å². The van der Waals surface area contributed by atoms with E-state index in [1.807, 2.05) is 0 Å². The molecular formula is C31H35F2N3O5S. The second-order valence-corrected chi connectivity index (χ2v) is 12.1. The van der Waals surface area contributed by atoms with E-state index in [0.717, 1.165) is 42.1 Å². The lowest BCUT2D eigenvalue weighted by Gasteiger charge is -2.33. The highest BCUT2D eigenvalue weighted by atomic mass is 32.2. The molecule has 0 heterocycles. The maximum atomic E-state index is 14.1. The quantitative estimate of drug-likeness (QED) is 0.315. The molecule has 11 heteroatoms. The Hall–Kier alpha value is -3.99. The van der Waals surface area contributed by atoms with Crippen molar-refractivity contribution in [2.24, 2.45) is 0 Å². The van der Waals surface area contributed by atoms with Crippen LogP contribution >= 0.6 is 0 Å². The number of carbonyl (C=O) groups is 2. The maximum Gasteiger partial charge on any atom is 0.264 e. The lowest BCUT2D eigenvalue weighted by atomic mass is 10.1. The lowest BCUT2D eigenvalue weighted by Crippen LogP contribution is -2.53. The van der Waals surface area contributed by atoms with Gasteiger partial charge in [0.15, 0.2) is 0 Å². The zero-order valence-corrected chi connectivity index (χ0v) is 24.4. The fraction of sp³-hybridized carbons (Fsp3) is 0.355. The number of amides is 2. The molecule has 42 heavy (non-hydrogen) atoms. The van der Waals surface area contributed by atoms with Gasteiger partial charge in [-0.05, 0) is 85.5 Å². The van der Waals surface area contributed by atoms with E-state index in [9.17, 15) is 26.8 Å². The van der Waals surface area contributed by atoms with Crippen molar-refractivity contribution in [2.45, 2.75) is 62.6 Å². The average Bonchev–Trinajstić information content (AvgIpc) is 3.50. The van der Waals surface area contributed by atoms with Crippen molar-refractivity contribution >= 4 is 27.5 Å². The highest BCUT2D eigenvalue weighted by molar-refractivity contribution is 7.92. The summed E-state index contributed by atoms with van der Waals surface area (Å²) in [4.78, 5) is 28.7. The van der Waals surface area contributed by atoms with E-state index in [0.29, 0.717) is 11.3 Å². The van der Waals surface area contributed by atoms with Gasteiger partial charge in [0, 0.05) is 12.6 Å². The van der Waals surface area contributed by atoms with Crippen molar-refractivity contribution in [3.8, 4) is 5.75 Å². The molecule has 2 amide bonds. The summed E-state index contributed by atoms with van der Waals surface area (Å²) in [6.07, 6.45) is 4.00. The molecule has 1 saturated carbocycles. The number of hydrogen-bond donors (Lipinski definition) is 1. The van der Waals surface area contributed by atoms with Crippen LogP contribution in [0.15, 0.2) is 77.7 Å². The molecule has 0 radical (unpaired) electrons. The largest absolute Gasteiger partial charge is 0.497 e. The first-order valence-electron chi connectivity index (χ1n) is 13.9. The van der Waals surface area contributed by atoms with Crippen LogP contribution in [0.4, 0.5) is 14.5 Å². The highest BCUT2D eigenvalue weighted by Gasteiger charge is 2.34. The Morgan fingerprint density at radius 2 is 1.50 bits per heavy atom. The number of ether oxygens (including phenoxy) is 1. The van der Waals surface area contributed by atoms with Gasteiger partial charge in [-0.1, -0.05) is 31.9 Å². The Kier molecular flexibility index (Phi) is 10.2. The smallest absolute Gasteiger partial charge is 0.264 e. The molecule has 0 unspecified atom stereocenters. The summed E-state index contributed by atoms with van der Waals surface area (Å²) in [7, 11) is -2.86. The van der Waals surface area contributed by atoms with E-state index in [4.69, 9.17) is 4.74 Å². The van der Waals surface area contributed by atoms with Crippen LogP contribution in [0.2, 0.25) is 0 Å². The minimum atomic E-state index is -4.31. The second kappa shape index (κ2) is 13.8. The van der Waals surface area contributed by atoms with Crippen molar-refractivity contribution in [2.75, 3.05) is 18.0 Å². The van der Waals surface area contributed by atoms with E-state index < -0.39 is 40.2 Å². The predicted molar refractivity (Wildman–Crippen MR) is 155 cm³/mol. The minimum absolute atomic E-state index is 0.0143. The molecular weight excluding hydrogens is 564 g/mol. The van der Waals surface area contributed by atoms with Gasteiger partial charge in [-0.3, -0.25) is 13.9 Å². The monoisotopic (exact) mass is 599 g/mol.